The van der Waals surface area contributed by atoms with Crippen LogP contribution in [-0.2, 0) is 0 Å². The van der Waals surface area contributed by atoms with Crippen LogP contribution in [0.3, 0.4) is 0 Å². The molecule has 0 aliphatic carbocycles. The van der Waals surface area contributed by atoms with E-state index in [9.17, 15) is 4.79 Å². The smallest absolute Gasteiger partial charge is 0.294 e. The summed E-state index contributed by atoms with van der Waals surface area (Å²) in [5.41, 5.74) is 1.09. The molecular formula is C12H9N3O3. The maximum absolute atomic E-state index is 11.7. The minimum atomic E-state index is -0.435. The van der Waals surface area contributed by atoms with Crippen molar-refractivity contribution < 1.29 is 14.1 Å². The fourth-order valence-electron chi connectivity index (χ4n) is 1.28. The normalized spacial score (nSPS) is 9.56. The molecule has 1 aromatic heterocycles. The van der Waals surface area contributed by atoms with Gasteiger partial charge < -0.3 is 14.6 Å². The Labute approximate surface area is 103 Å². The Bertz CT molecular complexity index is 596. The summed E-state index contributed by atoms with van der Waals surface area (Å²) in [5.74, 6) is -0.147. The van der Waals surface area contributed by atoms with Gasteiger partial charge in [0.05, 0.1) is 24.8 Å². The van der Waals surface area contributed by atoms with Crippen LogP contribution in [-0.4, -0.2) is 18.2 Å². The molecule has 1 heterocycles. The maximum Gasteiger partial charge on any atom is 0.294 e. The van der Waals surface area contributed by atoms with Crippen LogP contribution < -0.4 is 10.1 Å². The molecule has 0 bridgehead atoms. The van der Waals surface area contributed by atoms with Crippen molar-refractivity contribution in [2.24, 2.45) is 0 Å². The number of nitriles is 1. The number of methoxy groups -OCH3 is 1. The number of carbonyl (C=O) groups excluding carboxylic acids is 1. The Hall–Kier alpha value is -2.81. The number of amides is 1. The number of anilines is 1. The van der Waals surface area contributed by atoms with E-state index < -0.39 is 5.91 Å². The first kappa shape index (κ1) is 11.7. The molecule has 0 saturated heterocycles. The molecule has 1 amide bonds. The van der Waals surface area contributed by atoms with Crippen LogP contribution in [0, 0.1) is 11.3 Å². The van der Waals surface area contributed by atoms with E-state index in [4.69, 9.17) is 14.5 Å². The standard InChI is InChI=1S/C12H9N3O3/c1-17-11-6-10(18-15-11)12(16)14-9-4-2-8(7-13)3-5-9/h2-6H,1H3,(H,14,16). The van der Waals surface area contributed by atoms with E-state index in [1.54, 1.807) is 24.3 Å². The molecule has 1 N–H and O–H groups in total. The van der Waals surface area contributed by atoms with Gasteiger partial charge in [0.25, 0.3) is 11.8 Å². The molecule has 0 aliphatic rings. The van der Waals surface area contributed by atoms with Crippen molar-refractivity contribution in [2.75, 3.05) is 12.4 Å². The molecule has 0 aliphatic heterocycles. The van der Waals surface area contributed by atoms with Gasteiger partial charge in [-0.25, -0.2) is 0 Å². The fraction of sp³-hybridized carbons (Fsp3) is 0.0833. The zero-order chi connectivity index (χ0) is 13.0. The highest BCUT2D eigenvalue weighted by molar-refractivity contribution is 6.02. The minimum absolute atomic E-state index is 0.0520. The van der Waals surface area contributed by atoms with E-state index in [1.807, 2.05) is 6.07 Å². The zero-order valence-corrected chi connectivity index (χ0v) is 9.51. The Balaban J connectivity index is 2.08. The third-order valence-corrected chi connectivity index (χ3v) is 2.19. The van der Waals surface area contributed by atoms with Crippen LogP contribution in [0.2, 0.25) is 0 Å². The molecule has 2 aromatic rings. The van der Waals surface area contributed by atoms with Gasteiger partial charge in [-0.2, -0.15) is 5.26 Å². The first-order valence-corrected chi connectivity index (χ1v) is 5.05. The Morgan fingerprint density at radius 1 is 1.44 bits per heavy atom. The average Bonchev–Trinajstić information content (AvgIpc) is 2.88. The van der Waals surface area contributed by atoms with Crippen LogP contribution in [0.4, 0.5) is 5.69 Å². The second-order valence-corrected chi connectivity index (χ2v) is 3.38. The number of rotatable bonds is 3. The minimum Gasteiger partial charge on any atom is -0.479 e. The molecule has 0 fully saturated rings. The van der Waals surface area contributed by atoms with Gasteiger partial charge in [0, 0.05) is 5.69 Å². The molecule has 2 rings (SSSR count). The summed E-state index contributed by atoms with van der Waals surface area (Å²) in [6.45, 7) is 0. The summed E-state index contributed by atoms with van der Waals surface area (Å²) < 4.78 is 9.60. The van der Waals surface area contributed by atoms with Crippen molar-refractivity contribution in [3.63, 3.8) is 0 Å². The van der Waals surface area contributed by atoms with Crippen molar-refractivity contribution in [2.45, 2.75) is 0 Å². The van der Waals surface area contributed by atoms with Gasteiger partial charge in [0.1, 0.15) is 0 Å². The van der Waals surface area contributed by atoms with Crippen LogP contribution in [0.15, 0.2) is 34.9 Å². The van der Waals surface area contributed by atoms with E-state index in [2.05, 4.69) is 10.5 Å². The van der Waals surface area contributed by atoms with E-state index in [1.165, 1.54) is 13.2 Å². The highest BCUT2D eigenvalue weighted by atomic mass is 16.5. The van der Waals surface area contributed by atoms with Gasteiger partial charge in [-0.05, 0) is 29.4 Å². The average molecular weight is 243 g/mol. The number of hydrogen-bond acceptors (Lipinski definition) is 5. The molecule has 0 atom stereocenters. The van der Waals surface area contributed by atoms with Crippen molar-refractivity contribution in [1.82, 2.24) is 5.16 Å². The molecule has 90 valence electrons. The molecule has 6 heteroatoms. The lowest BCUT2D eigenvalue weighted by Gasteiger charge is -2.01. The third-order valence-electron chi connectivity index (χ3n) is 2.19. The summed E-state index contributed by atoms with van der Waals surface area (Å²) in [6, 6.07) is 9.85. The summed E-state index contributed by atoms with van der Waals surface area (Å²) in [7, 11) is 1.43. The van der Waals surface area contributed by atoms with E-state index in [0.29, 0.717) is 11.3 Å². The first-order valence-electron chi connectivity index (χ1n) is 5.05. The van der Waals surface area contributed by atoms with Crippen LogP contribution in [0.5, 0.6) is 5.88 Å². The van der Waals surface area contributed by atoms with E-state index in [-0.39, 0.29) is 11.6 Å². The molecule has 0 saturated carbocycles. The predicted molar refractivity (Wildman–Crippen MR) is 62.2 cm³/mol. The van der Waals surface area contributed by atoms with Gasteiger partial charge in [-0.3, -0.25) is 4.79 Å². The molecule has 0 spiro atoms. The number of carbonyl (C=O) groups is 1. The van der Waals surface area contributed by atoms with Gasteiger partial charge in [-0.15, -0.1) is 0 Å². The number of nitrogens with one attached hydrogen (secondary N) is 1. The van der Waals surface area contributed by atoms with Gasteiger partial charge in [-0.1, -0.05) is 0 Å². The lowest BCUT2D eigenvalue weighted by Crippen LogP contribution is -2.10. The van der Waals surface area contributed by atoms with Crippen LogP contribution >= 0.6 is 0 Å². The molecule has 0 unspecified atom stereocenters. The van der Waals surface area contributed by atoms with Gasteiger partial charge in [0.2, 0.25) is 5.76 Å². The highest BCUT2D eigenvalue weighted by Gasteiger charge is 2.13. The van der Waals surface area contributed by atoms with Gasteiger partial charge >= 0.3 is 0 Å². The molecule has 0 radical (unpaired) electrons. The van der Waals surface area contributed by atoms with Crippen molar-refractivity contribution >= 4 is 11.6 Å². The quantitative estimate of drug-likeness (QED) is 0.888. The van der Waals surface area contributed by atoms with Gasteiger partial charge in [0.15, 0.2) is 0 Å². The van der Waals surface area contributed by atoms with Crippen molar-refractivity contribution in [3.05, 3.63) is 41.7 Å². The fourth-order valence-corrected chi connectivity index (χ4v) is 1.28. The van der Waals surface area contributed by atoms with Crippen LogP contribution in [0.1, 0.15) is 16.1 Å². The number of benzene rings is 1. The van der Waals surface area contributed by atoms with E-state index in [0.717, 1.165) is 0 Å². The number of aromatic nitrogens is 1. The second-order valence-electron chi connectivity index (χ2n) is 3.38. The maximum atomic E-state index is 11.7. The van der Waals surface area contributed by atoms with E-state index >= 15 is 0 Å². The lowest BCUT2D eigenvalue weighted by atomic mass is 10.2. The molecule has 18 heavy (non-hydrogen) atoms. The molecule has 6 nitrogen and oxygen atoms in total. The van der Waals surface area contributed by atoms with Crippen molar-refractivity contribution in [1.29, 1.82) is 5.26 Å². The summed E-state index contributed by atoms with van der Waals surface area (Å²) in [6.07, 6.45) is 0. The zero-order valence-electron chi connectivity index (χ0n) is 9.51. The largest absolute Gasteiger partial charge is 0.479 e. The summed E-state index contributed by atoms with van der Waals surface area (Å²) >= 11 is 0. The molecule has 1 aromatic carbocycles. The predicted octanol–water partition coefficient (Wildman–Crippen LogP) is 1.81. The third kappa shape index (κ3) is 2.47. The Morgan fingerprint density at radius 2 is 2.17 bits per heavy atom. The number of hydrogen-bond donors (Lipinski definition) is 1. The second kappa shape index (κ2) is 5.01. The highest BCUT2D eigenvalue weighted by Crippen LogP contribution is 2.14. The first-order chi connectivity index (χ1) is 8.72. The summed E-state index contributed by atoms with van der Waals surface area (Å²) in [4.78, 5) is 11.7. The Morgan fingerprint density at radius 3 is 2.72 bits per heavy atom. The monoisotopic (exact) mass is 243 g/mol. The SMILES string of the molecule is COc1cc(C(=O)Nc2ccc(C#N)cc2)on1. The molecular weight excluding hydrogens is 234 g/mol. The number of ether oxygens (including phenoxy) is 1. The van der Waals surface area contributed by atoms with Crippen LogP contribution in [0.25, 0.3) is 0 Å². The van der Waals surface area contributed by atoms with Crippen molar-refractivity contribution in [3.8, 4) is 11.9 Å². The topological polar surface area (TPSA) is 88.1 Å². The summed E-state index contributed by atoms with van der Waals surface area (Å²) in [5, 5.41) is 14.8. The Kier molecular flexibility index (Phi) is 3.25. The number of nitrogens with zero attached hydrogens (tertiary/aromatic N) is 2. The lowest BCUT2D eigenvalue weighted by molar-refractivity contribution is 0.0987.